The van der Waals surface area contributed by atoms with Crippen molar-refractivity contribution in [2.24, 2.45) is 5.92 Å². The minimum Gasteiger partial charge on any atom is -0.480 e. The topological polar surface area (TPSA) is 107 Å². The van der Waals surface area contributed by atoms with Gasteiger partial charge in [0.1, 0.15) is 6.04 Å². The van der Waals surface area contributed by atoms with Gasteiger partial charge in [0.2, 0.25) is 11.8 Å². The van der Waals surface area contributed by atoms with E-state index in [1.165, 1.54) is 0 Å². The van der Waals surface area contributed by atoms with Crippen molar-refractivity contribution in [1.82, 2.24) is 15.1 Å². The van der Waals surface area contributed by atoms with E-state index >= 15 is 0 Å². The van der Waals surface area contributed by atoms with E-state index in [1.54, 1.807) is 4.90 Å². The third-order valence-electron chi connectivity index (χ3n) is 5.37. The SMILES string of the molecule is O=C(O)C1CC2CCCCC2N1C(=O)CCCN1C(=O)CNC1=O. The summed E-state index contributed by atoms with van der Waals surface area (Å²) in [7, 11) is 0. The Balaban J connectivity index is 1.59. The molecule has 8 nitrogen and oxygen atoms in total. The van der Waals surface area contributed by atoms with Crippen molar-refractivity contribution in [2.45, 2.75) is 57.0 Å². The highest BCUT2D eigenvalue weighted by Gasteiger charge is 2.47. The molecule has 24 heavy (non-hydrogen) atoms. The van der Waals surface area contributed by atoms with Crippen LogP contribution in [-0.4, -0.2) is 63.9 Å². The van der Waals surface area contributed by atoms with E-state index in [0.717, 1.165) is 30.6 Å². The highest BCUT2D eigenvalue weighted by atomic mass is 16.4. The number of likely N-dealkylation sites (tertiary alicyclic amines) is 1. The predicted octanol–water partition coefficient (Wildman–Crippen LogP) is 0.563. The van der Waals surface area contributed by atoms with E-state index in [2.05, 4.69) is 5.32 Å². The molecule has 2 aliphatic heterocycles. The summed E-state index contributed by atoms with van der Waals surface area (Å²) in [6.07, 6.45) is 5.04. The van der Waals surface area contributed by atoms with Crippen LogP contribution in [0.5, 0.6) is 0 Å². The Morgan fingerprint density at radius 2 is 1.96 bits per heavy atom. The Bertz CT molecular complexity index is 548. The molecule has 4 amide bonds. The molecule has 132 valence electrons. The third-order valence-corrected chi connectivity index (χ3v) is 5.37. The molecule has 3 rings (SSSR count). The van der Waals surface area contributed by atoms with Crippen molar-refractivity contribution < 1.29 is 24.3 Å². The lowest BCUT2D eigenvalue weighted by atomic mass is 9.84. The Kier molecular flexibility index (Phi) is 4.73. The van der Waals surface area contributed by atoms with E-state index < -0.39 is 18.0 Å². The molecule has 0 spiro atoms. The molecule has 0 radical (unpaired) electrons. The molecular formula is C16H23N3O5. The third kappa shape index (κ3) is 3.09. The maximum absolute atomic E-state index is 12.6. The number of hydrogen-bond acceptors (Lipinski definition) is 4. The molecule has 8 heteroatoms. The molecule has 2 heterocycles. The predicted molar refractivity (Wildman–Crippen MR) is 83.0 cm³/mol. The number of amides is 4. The van der Waals surface area contributed by atoms with Crippen LogP contribution in [0.15, 0.2) is 0 Å². The average molecular weight is 337 g/mol. The first-order valence-corrected chi connectivity index (χ1v) is 8.61. The average Bonchev–Trinajstić information content (AvgIpc) is 3.09. The van der Waals surface area contributed by atoms with Gasteiger partial charge in [-0.1, -0.05) is 12.8 Å². The van der Waals surface area contributed by atoms with Crippen molar-refractivity contribution >= 4 is 23.8 Å². The van der Waals surface area contributed by atoms with Gasteiger partial charge in [-0.05, 0) is 31.6 Å². The number of rotatable bonds is 5. The van der Waals surface area contributed by atoms with Crippen LogP contribution in [0.4, 0.5) is 4.79 Å². The van der Waals surface area contributed by atoms with Crippen LogP contribution < -0.4 is 5.32 Å². The lowest BCUT2D eigenvalue weighted by Gasteiger charge is -2.33. The smallest absolute Gasteiger partial charge is 0.326 e. The Morgan fingerprint density at radius 1 is 1.21 bits per heavy atom. The zero-order chi connectivity index (χ0) is 17.3. The maximum Gasteiger partial charge on any atom is 0.326 e. The summed E-state index contributed by atoms with van der Waals surface area (Å²) in [4.78, 5) is 49.8. The van der Waals surface area contributed by atoms with E-state index in [1.807, 2.05) is 0 Å². The van der Waals surface area contributed by atoms with Crippen molar-refractivity contribution in [2.75, 3.05) is 13.1 Å². The summed E-state index contributed by atoms with van der Waals surface area (Å²) >= 11 is 0. The standard InChI is InChI=1S/C16H23N3O5/c20-13(6-3-7-18-14(21)9-17-16(18)24)19-11-5-2-1-4-10(11)8-12(19)15(22)23/h10-12H,1-9H2,(H,17,24)(H,22,23). The number of urea groups is 1. The van der Waals surface area contributed by atoms with Gasteiger partial charge in [-0.25, -0.2) is 9.59 Å². The van der Waals surface area contributed by atoms with Crippen molar-refractivity contribution in [3.8, 4) is 0 Å². The number of carbonyl (C=O) groups excluding carboxylic acids is 3. The van der Waals surface area contributed by atoms with Gasteiger partial charge in [0, 0.05) is 19.0 Å². The second kappa shape index (κ2) is 6.78. The normalized spacial score (nSPS) is 29.6. The summed E-state index contributed by atoms with van der Waals surface area (Å²) in [5.74, 6) is -1.12. The number of carboxylic acid groups (broad SMARTS) is 1. The molecule has 0 aromatic rings. The zero-order valence-corrected chi connectivity index (χ0v) is 13.6. The summed E-state index contributed by atoms with van der Waals surface area (Å²) < 4.78 is 0. The monoisotopic (exact) mass is 337 g/mol. The molecule has 0 aromatic carbocycles. The first-order chi connectivity index (χ1) is 11.5. The fourth-order valence-corrected chi connectivity index (χ4v) is 4.24. The van der Waals surface area contributed by atoms with Crippen LogP contribution in [-0.2, 0) is 14.4 Å². The van der Waals surface area contributed by atoms with Gasteiger partial charge in [-0.3, -0.25) is 14.5 Å². The van der Waals surface area contributed by atoms with Crippen molar-refractivity contribution in [3.05, 3.63) is 0 Å². The lowest BCUT2D eigenvalue weighted by Crippen LogP contribution is -2.46. The largest absolute Gasteiger partial charge is 0.480 e. The van der Waals surface area contributed by atoms with Crippen LogP contribution in [0, 0.1) is 5.92 Å². The first kappa shape index (κ1) is 16.7. The first-order valence-electron chi connectivity index (χ1n) is 8.61. The van der Waals surface area contributed by atoms with Gasteiger partial charge in [0.25, 0.3) is 0 Å². The molecule has 3 fully saturated rings. The van der Waals surface area contributed by atoms with E-state index in [9.17, 15) is 24.3 Å². The number of nitrogens with zero attached hydrogens (tertiary/aromatic N) is 2. The molecule has 1 saturated carbocycles. The minimum atomic E-state index is -0.938. The Hall–Kier alpha value is -2.12. The summed E-state index contributed by atoms with van der Waals surface area (Å²) in [6, 6.07) is -1.13. The molecule has 1 aliphatic carbocycles. The fourth-order valence-electron chi connectivity index (χ4n) is 4.24. The molecule has 3 unspecified atom stereocenters. The quantitative estimate of drug-likeness (QED) is 0.713. The van der Waals surface area contributed by atoms with Gasteiger partial charge in [-0.15, -0.1) is 0 Å². The Labute approximate surface area is 140 Å². The van der Waals surface area contributed by atoms with E-state index in [4.69, 9.17) is 0 Å². The molecule has 3 aliphatic rings. The molecule has 2 saturated heterocycles. The highest BCUT2D eigenvalue weighted by Crippen LogP contribution is 2.40. The summed E-state index contributed by atoms with van der Waals surface area (Å²) in [5, 5.41) is 11.9. The van der Waals surface area contributed by atoms with Gasteiger partial charge < -0.3 is 15.3 Å². The number of nitrogens with one attached hydrogen (secondary N) is 1. The van der Waals surface area contributed by atoms with Gasteiger partial charge in [0.05, 0.1) is 6.54 Å². The molecule has 3 atom stereocenters. The van der Waals surface area contributed by atoms with E-state index in [-0.39, 0.29) is 43.3 Å². The van der Waals surface area contributed by atoms with E-state index in [0.29, 0.717) is 12.8 Å². The summed E-state index contributed by atoms with van der Waals surface area (Å²) in [5.41, 5.74) is 0. The second-order valence-corrected chi connectivity index (χ2v) is 6.81. The van der Waals surface area contributed by atoms with Crippen molar-refractivity contribution in [3.63, 3.8) is 0 Å². The number of fused-ring (bicyclic) bond motifs is 1. The van der Waals surface area contributed by atoms with Crippen molar-refractivity contribution in [1.29, 1.82) is 0 Å². The van der Waals surface area contributed by atoms with Crippen LogP contribution >= 0.6 is 0 Å². The molecule has 0 bridgehead atoms. The maximum atomic E-state index is 12.6. The van der Waals surface area contributed by atoms with Gasteiger partial charge in [-0.2, -0.15) is 0 Å². The molecular weight excluding hydrogens is 314 g/mol. The van der Waals surface area contributed by atoms with Crippen LogP contribution in [0.2, 0.25) is 0 Å². The summed E-state index contributed by atoms with van der Waals surface area (Å²) in [6.45, 7) is 0.194. The number of hydrogen-bond donors (Lipinski definition) is 2. The number of imide groups is 1. The van der Waals surface area contributed by atoms with Crippen LogP contribution in [0.3, 0.4) is 0 Å². The second-order valence-electron chi connectivity index (χ2n) is 6.81. The lowest BCUT2D eigenvalue weighted by molar-refractivity contribution is -0.150. The molecule has 0 aromatic heterocycles. The minimum absolute atomic E-state index is 0.00372. The zero-order valence-electron chi connectivity index (χ0n) is 13.6. The fraction of sp³-hybridized carbons (Fsp3) is 0.750. The van der Waals surface area contributed by atoms with Crippen LogP contribution in [0.1, 0.15) is 44.9 Å². The van der Waals surface area contributed by atoms with Gasteiger partial charge in [0.15, 0.2) is 0 Å². The number of aliphatic carboxylic acids is 1. The highest BCUT2D eigenvalue weighted by molar-refractivity contribution is 6.01. The molecule has 2 N–H and O–H groups in total. The Morgan fingerprint density at radius 3 is 2.62 bits per heavy atom. The van der Waals surface area contributed by atoms with Crippen LogP contribution in [0.25, 0.3) is 0 Å². The number of carboxylic acids is 1. The number of carbonyl (C=O) groups is 4. The van der Waals surface area contributed by atoms with Gasteiger partial charge >= 0.3 is 12.0 Å².